The van der Waals surface area contributed by atoms with E-state index in [-0.39, 0.29) is 5.75 Å². The van der Waals surface area contributed by atoms with E-state index >= 15 is 0 Å². The number of hydrogen-bond donors (Lipinski definition) is 1. The average Bonchev–Trinajstić information content (AvgIpc) is 1.93. The van der Waals surface area contributed by atoms with Crippen LogP contribution in [0.15, 0.2) is 12.1 Å². The first-order chi connectivity index (χ1) is 4.63. The molecule has 0 saturated carbocycles. The molecule has 4 heteroatoms. The molecule has 0 aromatic heterocycles. The molecule has 10 heavy (non-hydrogen) atoms. The van der Waals surface area contributed by atoms with Gasteiger partial charge >= 0.3 is 0 Å². The van der Waals surface area contributed by atoms with Gasteiger partial charge in [0.1, 0.15) is 5.75 Å². The minimum Gasteiger partial charge on any atom is -0.507 e. The minimum atomic E-state index is 0.286. The quantitative estimate of drug-likeness (QED) is 0.541. The molecule has 0 amide bonds. The van der Waals surface area contributed by atoms with Gasteiger partial charge in [-0.3, -0.25) is 0 Å². The van der Waals surface area contributed by atoms with Gasteiger partial charge in [0, 0.05) is 3.57 Å². The van der Waals surface area contributed by atoms with E-state index in [4.69, 9.17) is 16.7 Å². The summed E-state index contributed by atoms with van der Waals surface area (Å²) in [5, 5.41) is 9.84. The Bertz CT molecular complexity index is 235. The maximum absolute atomic E-state index is 9.15. The summed E-state index contributed by atoms with van der Waals surface area (Å²) in [5.74, 6) is 0.286. The number of phenolic OH excluding ortho intramolecular Hbond substituents is 1. The summed E-state index contributed by atoms with van der Waals surface area (Å²) in [6.07, 6.45) is 0. The third-order valence-corrected chi connectivity index (χ3v) is 4.89. The largest absolute Gasteiger partial charge is 0.507 e. The number of halogens is 3. The van der Waals surface area contributed by atoms with Gasteiger partial charge in [0.25, 0.3) is 0 Å². The van der Waals surface area contributed by atoms with Crippen molar-refractivity contribution in [3.8, 4) is 5.75 Å². The highest BCUT2D eigenvalue weighted by Crippen LogP contribution is 2.29. The van der Waals surface area contributed by atoms with E-state index < -0.39 is 0 Å². The third kappa shape index (κ3) is 1.68. The van der Waals surface area contributed by atoms with Crippen LogP contribution in [0.2, 0.25) is 5.02 Å². The van der Waals surface area contributed by atoms with Gasteiger partial charge < -0.3 is 5.11 Å². The van der Waals surface area contributed by atoms with Gasteiger partial charge in [0.05, 0.1) is 8.59 Å². The minimum absolute atomic E-state index is 0.286. The zero-order chi connectivity index (χ0) is 7.72. The van der Waals surface area contributed by atoms with Crippen LogP contribution in [0.1, 0.15) is 0 Å². The van der Waals surface area contributed by atoms with E-state index in [2.05, 4.69) is 45.2 Å². The van der Waals surface area contributed by atoms with Gasteiger partial charge in [-0.15, -0.1) is 0 Å². The Morgan fingerprint density at radius 1 is 1.20 bits per heavy atom. The predicted molar refractivity (Wildman–Crippen MR) is 58.6 cm³/mol. The molecule has 0 fully saturated rings. The van der Waals surface area contributed by atoms with Crippen LogP contribution in [0.3, 0.4) is 0 Å². The van der Waals surface area contributed by atoms with Crippen LogP contribution in [0.25, 0.3) is 0 Å². The fraction of sp³-hybridized carbons (Fsp3) is 0. The molecule has 0 heterocycles. The Hall–Kier alpha value is 0.770. The molecule has 0 aliphatic carbocycles. The topological polar surface area (TPSA) is 20.2 Å². The van der Waals surface area contributed by atoms with Gasteiger partial charge in [0.2, 0.25) is 0 Å². The van der Waals surface area contributed by atoms with Crippen LogP contribution < -0.4 is 0 Å². The smallest absolute Gasteiger partial charge is 0.130 e. The van der Waals surface area contributed by atoms with E-state index in [0.29, 0.717) is 5.02 Å². The lowest BCUT2D eigenvalue weighted by atomic mass is 10.3. The molecule has 0 aliphatic heterocycles. The van der Waals surface area contributed by atoms with Gasteiger partial charge in [-0.05, 0) is 57.3 Å². The molecule has 1 rings (SSSR count). The van der Waals surface area contributed by atoms with E-state index in [1.807, 2.05) is 0 Å². The first-order valence-electron chi connectivity index (χ1n) is 2.45. The summed E-state index contributed by atoms with van der Waals surface area (Å²) in [4.78, 5) is 0. The van der Waals surface area contributed by atoms with Crippen molar-refractivity contribution in [1.82, 2.24) is 0 Å². The monoisotopic (exact) mass is 380 g/mol. The molecule has 1 nitrogen and oxygen atoms in total. The Labute approximate surface area is 91.1 Å². The van der Waals surface area contributed by atoms with Crippen molar-refractivity contribution >= 4 is 56.8 Å². The molecular weight excluding hydrogens is 377 g/mol. The molecule has 1 aromatic carbocycles. The summed E-state index contributed by atoms with van der Waals surface area (Å²) in [6, 6.07) is 3.27. The van der Waals surface area contributed by atoms with Crippen LogP contribution in [0.4, 0.5) is 0 Å². The van der Waals surface area contributed by atoms with Crippen molar-refractivity contribution in [2.24, 2.45) is 0 Å². The van der Waals surface area contributed by atoms with Crippen molar-refractivity contribution in [2.75, 3.05) is 0 Å². The number of hydrogen-bond acceptors (Lipinski definition) is 1. The average molecular weight is 380 g/mol. The first kappa shape index (κ1) is 8.86. The molecule has 0 spiro atoms. The van der Waals surface area contributed by atoms with E-state index in [9.17, 15) is 0 Å². The van der Waals surface area contributed by atoms with E-state index in [1.165, 1.54) is 0 Å². The summed E-state index contributed by atoms with van der Waals surface area (Å²) in [5.41, 5.74) is 0. The molecular formula is C6H3ClI2O. The van der Waals surface area contributed by atoms with Crippen molar-refractivity contribution in [3.05, 3.63) is 24.3 Å². The zero-order valence-electron chi connectivity index (χ0n) is 4.74. The van der Waals surface area contributed by atoms with Crippen molar-refractivity contribution in [3.63, 3.8) is 0 Å². The number of phenols is 1. The Kier molecular flexibility index (Phi) is 3.05. The first-order valence-corrected chi connectivity index (χ1v) is 4.99. The predicted octanol–water partition coefficient (Wildman–Crippen LogP) is 3.25. The SMILES string of the molecule is Oc1ccc(Cl)c(I)c1I. The van der Waals surface area contributed by atoms with Gasteiger partial charge in [-0.25, -0.2) is 0 Å². The van der Waals surface area contributed by atoms with E-state index in [0.717, 1.165) is 7.14 Å². The normalized spacial score (nSPS) is 9.90. The lowest BCUT2D eigenvalue weighted by molar-refractivity contribution is 0.471. The van der Waals surface area contributed by atoms with Crippen LogP contribution in [0, 0.1) is 7.14 Å². The Morgan fingerprint density at radius 3 is 2.30 bits per heavy atom. The van der Waals surface area contributed by atoms with E-state index in [1.54, 1.807) is 12.1 Å². The third-order valence-electron chi connectivity index (χ3n) is 1.01. The number of aromatic hydroxyl groups is 1. The number of benzene rings is 1. The summed E-state index contributed by atoms with van der Waals surface area (Å²) >= 11 is 9.91. The van der Waals surface area contributed by atoms with Crippen LogP contribution >= 0.6 is 56.8 Å². The van der Waals surface area contributed by atoms with Crippen LogP contribution in [-0.2, 0) is 0 Å². The molecule has 0 bridgehead atoms. The van der Waals surface area contributed by atoms with Gasteiger partial charge in [0.15, 0.2) is 0 Å². The highest BCUT2D eigenvalue weighted by Gasteiger charge is 2.04. The van der Waals surface area contributed by atoms with Gasteiger partial charge in [-0.2, -0.15) is 0 Å². The molecule has 0 aliphatic rings. The summed E-state index contributed by atoms with van der Waals surface area (Å²) in [6.45, 7) is 0. The maximum atomic E-state index is 9.15. The summed E-state index contributed by atoms with van der Waals surface area (Å²) < 4.78 is 1.71. The Morgan fingerprint density at radius 2 is 1.80 bits per heavy atom. The molecule has 1 N–H and O–H groups in total. The second-order valence-electron chi connectivity index (χ2n) is 1.69. The molecule has 54 valence electrons. The lowest BCUT2D eigenvalue weighted by Crippen LogP contribution is -1.80. The standard InChI is InChI=1S/C6H3ClI2O/c7-3-1-2-4(10)6(9)5(3)8/h1-2,10H. The fourth-order valence-electron chi connectivity index (χ4n) is 0.516. The van der Waals surface area contributed by atoms with Crippen molar-refractivity contribution < 1.29 is 5.11 Å². The second-order valence-corrected chi connectivity index (χ2v) is 4.26. The van der Waals surface area contributed by atoms with Crippen molar-refractivity contribution in [2.45, 2.75) is 0 Å². The molecule has 0 radical (unpaired) electrons. The van der Waals surface area contributed by atoms with Gasteiger partial charge in [-0.1, -0.05) is 11.6 Å². The van der Waals surface area contributed by atoms with Crippen LogP contribution in [-0.4, -0.2) is 5.11 Å². The lowest BCUT2D eigenvalue weighted by Gasteiger charge is -2.00. The fourth-order valence-corrected chi connectivity index (χ4v) is 1.76. The molecule has 0 saturated heterocycles. The molecule has 0 unspecified atom stereocenters. The summed E-state index contributed by atoms with van der Waals surface area (Å²) in [7, 11) is 0. The maximum Gasteiger partial charge on any atom is 0.130 e. The highest BCUT2D eigenvalue weighted by molar-refractivity contribution is 14.1. The molecule has 1 aromatic rings. The Balaban J connectivity index is 3.34. The second kappa shape index (κ2) is 3.44. The highest BCUT2D eigenvalue weighted by atomic mass is 127. The zero-order valence-corrected chi connectivity index (χ0v) is 9.81. The number of rotatable bonds is 0. The van der Waals surface area contributed by atoms with Crippen LogP contribution in [0.5, 0.6) is 5.75 Å². The molecule has 0 atom stereocenters. The van der Waals surface area contributed by atoms with Crippen molar-refractivity contribution in [1.29, 1.82) is 0 Å².